The lowest BCUT2D eigenvalue weighted by atomic mass is 9.97. The number of benzene rings is 4. The third-order valence-electron chi connectivity index (χ3n) is 5.76. The first kappa shape index (κ1) is 19.8. The van der Waals surface area contributed by atoms with E-state index < -0.39 is 0 Å². The molecular formula is C29H23NO2. The molecule has 32 heavy (non-hydrogen) atoms. The molecular weight excluding hydrogens is 394 g/mol. The highest BCUT2D eigenvalue weighted by Crippen LogP contribution is 2.37. The molecule has 0 fully saturated rings. The Labute approximate surface area is 187 Å². The Kier molecular flexibility index (Phi) is 5.30. The molecule has 4 aromatic carbocycles. The van der Waals surface area contributed by atoms with Gasteiger partial charge in [0.05, 0.1) is 18.4 Å². The number of methoxy groups -OCH3 is 1. The summed E-state index contributed by atoms with van der Waals surface area (Å²) < 4.78 is 7.76. The molecule has 0 unspecified atom stereocenters. The second-order valence-corrected chi connectivity index (χ2v) is 7.74. The number of rotatable bonds is 6. The number of hydrogen-bond donors (Lipinski definition) is 0. The molecule has 0 radical (unpaired) electrons. The van der Waals surface area contributed by atoms with Crippen molar-refractivity contribution in [3.05, 3.63) is 126 Å². The van der Waals surface area contributed by atoms with Gasteiger partial charge < -0.3 is 9.30 Å². The Bertz CT molecular complexity index is 1370. The minimum absolute atomic E-state index is 0.00881. The number of carbonyl (C=O) groups is 1. The molecule has 1 aromatic heterocycles. The Hall–Kier alpha value is -4.11. The van der Waals surface area contributed by atoms with Crippen LogP contribution < -0.4 is 4.74 Å². The molecule has 0 spiro atoms. The van der Waals surface area contributed by atoms with Crippen LogP contribution >= 0.6 is 0 Å². The lowest BCUT2D eigenvalue weighted by molar-refractivity contribution is 0.104. The molecule has 0 N–H and O–H groups in total. The SMILES string of the molecule is COc1ccc2c(c1)c(C(=O)c1ccccc1)c(-c1ccccc1)n2Cc1ccccc1. The van der Waals surface area contributed by atoms with Crippen LogP contribution in [0.5, 0.6) is 5.75 Å². The zero-order valence-corrected chi connectivity index (χ0v) is 17.9. The molecule has 3 nitrogen and oxygen atoms in total. The molecule has 156 valence electrons. The van der Waals surface area contributed by atoms with Gasteiger partial charge in [0.1, 0.15) is 5.75 Å². The van der Waals surface area contributed by atoms with E-state index in [2.05, 4.69) is 28.8 Å². The molecule has 0 amide bonds. The largest absolute Gasteiger partial charge is 0.497 e. The summed E-state index contributed by atoms with van der Waals surface area (Å²) in [6.45, 7) is 0.663. The summed E-state index contributed by atoms with van der Waals surface area (Å²) in [5.41, 5.74) is 5.49. The zero-order chi connectivity index (χ0) is 21.9. The standard InChI is InChI=1S/C29H23NO2/c1-32-24-17-18-26-25(19-24)27(29(31)23-15-9-4-10-16-23)28(22-13-7-3-8-14-22)30(26)20-21-11-5-2-6-12-21/h2-19H,20H2,1H3. The van der Waals surface area contributed by atoms with E-state index in [1.54, 1.807) is 7.11 Å². The fourth-order valence-electron chi connectivity index (χ4n) is 4.25. The Morgan fingerprint density at radius 3 is 2.06 bits per heavy atom. The molecule has 0 aliphatic heterocycles. The van der Waals surface area contributed by atoms with Crippen molar-refractivity contribution in [2.45, 2.75) is 6.54 Å². The minimum atomic E-state index is 0.00881. The van der Waals surface area contributed by atoms with Gasteiger partial charge in [0, 0.05) is 23.0 Å². The fourth-order valence-corrected chi connectivity index (χ4v) is 4.25. The van der Waals surface area contributed by atoms with Crippen molar-refractivity contribution in [1.82, 2.24) is 4.57 Å². The number of ketones is 1. The van der Waals surface area contributed by atoms with Crippen molar-refractivity contribution in [2.75, 3.05) is 7.11 Å². The lowest BCUT2D eigenvalue weighted by Crippen LogP contribution is -2.06. The highest BCUT2D eigenvalue weighted by molar-refractivity contribution is 6.20. The summed E-state index contributed by atoms with van der Waals surface area (Å²) in [4.78, 5) is 13.9. The van der Waals surface area contributed by atoms with Gasteiger partial charge in [0.15, 0.2) is 5.78 Å². The van der Waals surface area contributed by atoms with Crippen molar-refractivity contribution >= 4 is 16.7 Å². The van der Waals surface area contributed by atoms with Crippen LogP contribution in [0.1, 0.15) is 21.5 Å². The Morgan fingerprint density at radius 2 is 1.41 bits per heavy atom. The van der Waals surface area contributed by atoms with Gasteiger partial charge in [-0.2, -0.15) is 0 Å². The van der Waals surface area contributed by atoms with E-state index in [4.69, 9.17) is 4.74 Å². The summed E-state index contributed by atoms with van der Waals surface area (Å²) >= 11 is 0. The highest BCUT2D eigenvalue weighted by atomic mass is 16.5. The number of aromatic nitrogens is 1. The predicted octanol–water partition coefficient (Wildman–Crippen LogP) is 6.60. The number of ether oxygens (including phenoxy) is 1. The topological polar surface area (TPSA) is 31.2 Å². The summed E-state index contributed by atoms with van der Waals surface area (Å²) in [6, 6.07) is 35.9. The number of fused-ring (bicyclic) bond motifs is 1. The van der Waals surface area contributed by atoms with Gasteiger partial charge in [-0.3, -0.25) is 4.79 Å². The summed E-state index contributed by atoms with van der Waals surface area (Å²) in [5, 5.41) is 0.896. The van der Waals surface area contributed by atoms with Crippen LogP contribution in [0.25, 0.3) is 22.2 Å². The van der Waals surface area contributed by atoms with E-state index in [-0.39, 0.29) is 5.78 Å². The van der Waals surface area contributed by atoms with Crippen molar-refractivity contribution in [1.29, 1.82) is 0 Å². The number of nitrogens with zero attached hydrogens (tertiary/aromatic N) is 1. The zero-order valence-electron chi connectivity index (χ0n) is 17.9. The van der Waals surface area contributed by atoms with E-state index in [1.807, 2.05) is 84.9 Å². The third kappa shape index (κ3) is 3.58. The van der Waals surface area contributed by atoms with Crippen LogP contribution in [0.4, 0.5) is 0 Å². The maximum Gasteiger partial charge on any atom is 0.195 e. The molecule has 0 saturated heterocycles. The molecule has 1 heterocycles. The number of carbonyl (C=O) groups excluding carboxylic acids is 1. The quantitative estimate of drug-likeness (QED) is 0.292. The van der Waals surface area contributed by atoms with E-state index in [1.165, 1.54) is 5.56 Å². The molecule has 5 rings (SSSR count). The van der Waals surface area contributed by atoms with Crippen LogP contribution in [0.3, 0.4) is 0 Å². The van der Waals surface area contributed by atoms with Crippen LogP contribution in [0, 0.1) is 0 Å². The maximum atomic E-state index is 13.9. The first-order chi connectivity index (χ1) is 15.8. The average molecular weight is 418 g/mol. The van der Waals surface area contributed by atoms with Crippen molar-refractivity contribution in [3.63, 3.8) is 0 Å². The van der Waals surface area contributed by atoms with E-state index in [0.717, 1.165) is 27.9 Å². The second kappa shape index (κ2) is 8.56. The minimum Gasteiger partial charge on any atom is -0.497 e. The molecule has 0 atom stereocenters. The van der Waals surface area contributed by atoms with Crippen molar-refractivity contribution in [2.24, 2.45) is 0 Å². The number of hydrogen-bond acceptors (Lipinski definition) is 2. The van der Waals surface area contributed by atoms with E-state index >= 15 is 0 Å². The highest BCUT2D eigenvalue weighted by Gasteiger charge is 2.25. The average Bonchev–Trinajstić information content (AvgIpc) is 3.18. The lowest BCUT2D eigenvalue weighted by Gasteiger charge is -2.13. The summed E-state index contributed by atoms with van der Waals surface area (Å²) in [6.07, 6.45) is 0. The van der Waals surface area contributed by atoms with Crippen molar-refractivity contribution < 1.29 is 9.53 Å². The summed E-state index contributed by atoms with van der Waals surface area (Å²) in [5.74, 6) is 0.741. The molecule has 0 aliphatic rings. The van der Waals surface area contributed by atoms with Crippen LogP contribution in [0.2, 0.25) is 0 Å². The smallest absolute Gasteiger partial charge is 0.195 e. The van der Waals surface area contributed by atoms with E-state index in [9.17, 15) is 4.79 Å². The molecule has 0 aliphatic carbocycles. The first-order valence-electron chi connectivity index (χ1n) is 10.7. The van der Waals surface area contributed by atoms with Gasteiger partial charge >= 0.3 is 0 Å². The van der Waals surface area contributed by atoms with Crippen molar-refractivity contribution in [3.8, 4) is 17.0 Å². The molecule has 0 bridgehead atoms. The van der Waals surface area contributed by atoms with Gasteiger partial charge in [-0.1, -0.05) is 91.0 Å². The van der Waals surface area contributed by atoms with Gasteiger partial charge in [0.2, 0.25) is 0 Å². The monoisotopic (exact) mass is 417 g/mol. The van der Waals surface area contributed by atoms with Gasteiger partial charge in [-0.15, -0.1) is 0 Å². The first-order valence-corrected chi connectivity index (χ1v) is 10.7. The van der Waals surface area contributed by atoms with Crippen LogP contribution in [-0.4, -0.2) is 17.5 Å². The second-order valence-electron chi connectivity index (χ2n) is 7.74. The normalized spacial score (nSPS) is 10.9. The maximum absolute atomic E-state index is 13.9. The predicted molar refractivity (Wildman–Crippen MR) is 129 cm³/mol. The van der Waals surface area contributed by atoms with Gasteiger partial charge in [-0.25, -0.2) is 0 Å². The Balaban J connectivity index is 1.84. The molecule has 0 saturated carbocycles. The van der Waals surface area contributed by atoms with Gasteiger partial charge in [-0.05, 0) is 29.3 Å². The van der Waals surface area contributed by atoms with Crippen LogP contribution in [-0.2, 0) is 6.54 Å². The van der Waals surface area contributed by atoms with Crippen LogP contribution in [0.15, 0.2) is 109 Å². The Morgan fingerprint density at radius 1 is 0.781 bits per heavy atom. The molecule has 3 heteroatoms. The van der Waals surface area contributed by atoms with Gasteiger partial charge in [0.25, 0.3) is 0 Å². The van der Waals surface area contributed by atoms with E-state index in [0.29, 0.717) is 17.7 Å². The fraction of sp³-hybridized carbons (Fsp3) is 0.0690. The summed E-state index contributed by atoms with van der Waals surface area (Å²) in [7, 11) is 1.65. The molecule has 5 aromatic rings. The third-order valence-corrected chi connectivity index (χ3v) is 5.76.